The Morgan fingerprint density at radius 2 is 1.78 bits per heavy atom. The van der Waals surface area contributed by atoms with E-state index in [1.165, 1.54) is 12.1 Å². The van der Waals surface area contributed by atoms with Crippen LogP contribution in [0.5, 0.6) is 0 Å². The molecule has 0 atom stereocenters. The van der Waals surface area contributed by atoms with E-state index in [-0.39, 0.29) is 22.8 Å². The van der Waals surface area contributed by atoms with Gasteiger partial charge in [0.2, 0.25) is 10.0 Å². The van der Waals surface area contributed by atoms with Gasteiger partial charge in [0.25, 0.3) is 5.91 Å². The molecule has 0 saturated carbocycles. The van der Waals surface area contributed by atoms with E-state index in [9.17, 15) is 18.0 Å². The lowest BCUT2D eigenvalue weighted by molar-refractivity contribution is 0.0745. The highest BCUT2D eigenvalue weighted by molar-refractivity contribution is 7.89. The molecule has 1 aromatic carbocycles. The van der Waals surface area contributed by atoms with Crippen LogP contribution >= 0.6 is 0 Å². The van der Waals surface area contributed by atoms with Gasteiger partial charge in [0.15, 0.2) is 0 Å². The maximum absolute atomic E-state index is 12.9. The number of hydrogen-bond acceptors (Lipinski definition) is 5. The summed E-state index contributed by atoms with van der Waals surface area (Å²) in [6.07, 6.45) is 0.251. The Balaban J connectivity index is 2.09. The van der Waals surface area contributed by atoms with Gasteiger partial charge < -0.3 is 14.5 Å². The average molecular weight is 397 g/mol. The molecule has 0 unspecified atom stereocenters. The van der Waals surface area contributed by atoms with E-state index in [2.05, 4.69) is 0 Å². The number of nitrogens with zero attached hydrogens (tertiary/aromatic N) is 2. The Labute approximate surface area is 160 Å². The molecule has 1 aliphatic heterocycles. The molecule has 1 aromatic rings. The van der Waals surface area contributed by atoms with Crippen molar-refractivity contribution < 1.29 is 22.7 Å². The molecular formula is C18H27N3O5S. The predicted molar refractivity (Wildman–Crippen MR) is 101 cm³/mol. The van der Waals surface area contributed by atoms with Crippen molar-refractivity contribution >= 4 is 22.0 Å². The van der Waals surface area contributed by atoms with Crippen LogP contribution in [0, 0.1) is 12.8 Å². The molecule has 9 heteroatoms. The van der Waals surface area contributed by atoms with Crippen molar-refractivity contribution in [3.8, 4) is 0 Å². The van der Waals surface area contributed by atoms with Crippen molar-refractivity contribution in [2.45, 2.75) is 32.1 Å². The highest BCUT2D eigenvalue weighted by Crippen LogP contribution is 2.18. The maximum atomic E-state index is 12.9. The molecule has 0 aromatic heterocycles. The van der Waals surface area contributed by atoms with E-state index in [0.29, 0.717) is 50.3 Å². The number of rotatable bonds is 4. The number of ether oxygens (including phenoxy) is 1. The zero-order valence-electron chi connectivity index (χ0n) is 16.0. The van der Waals surface area contributed by atoms with Gasteiger partial charge in [-0.05, 0) is 37.0 Å². The van der Waals surface area contributed by atoms with Crippen molar-refractivity contribution in [3.05, 3.63) is 29.3 Å². The van der Waals surface area contributed by atoms with Crippen LogP contribution in [0.1, 0.15) is 36.2 Å². The lowest BCUT2D eigenvalue weighted by Gasteiger charge is -2.23. The summed E-state index contributed by atoms with van der Waals surface area (Å²) in [7, 11) is -3.89. The molecule has 150 valence electrons. The van der Waals surface area contributed by atoms with Gasteiger partial charge in [0.05, 0.1) is 11.5 Å². The highest BCUT2D eigenvalue weighted by atomic mass is 32.2. The Morgan fingerprint density at radius 1 is 1.15 bits per heavy atom. The molecule has 2 amide bonds. The molecule has 0 bridgehead atoms. The van der Waals surface area contributed by atoms with Gasteiger partial charge in [0, 0.05) is 31.7 Å². The Kier molecular flexibility index (Phi) is 6.83. The van der Waals surface area contributed by atoms with Gasteiger partial charge in [-0.1, -0.05) is 19.9 Å². The van der Waals surface area contributed by atoms with E-state index in [1.807, 2.05) is 13.8 Å². The third kappa shape index (κ3) is 5.67. The zero-order valence-corrected chi connectivity index (χ0v) is 16.8. The van der Waals surface area contributed by atoms with E-state index < -0.39 is 10.0 Å². The minimum absolute atomic E-state index is 0.0924. The first-order valence-corrected chi connectivity index (χ1v) is 10.5. The fourth-order valence-electron chi connectivity index (χ4n) is 2.81. The predicted octanol–water partition coefficient (Wildman–Crippen LogP) is 1.58. The summed E-state index contributed by atoms with van der Waals surface area (Å²) < 4.78 is 28.4. The maximum Gasteiger partial charge on any atom is 0.409 e. The second-order valence-corrected chi connectivity index (χ2v) is 8.69. The number of primary sulfonamides is 1. The summed E-state index contributed by atoms with van der Waals surface area (Å²) in [4.78, 5) is 28.2. The minimum Gasteiger partial charge on any atom is -0.449 e. The molecule has 2 N–H and O–H groups in total. The van der Waals surface area contributed by atoms with Crippen LogP contribution in [-0.4, -0.2) is 63.0 Å². The first kappa shape index (κ1) is 21.2. The van der Waals surface area contributed by atoms with Crippen molar-refractivity contribution in [1.29, 1.82) is 0 Å². The van der Waals surface area contributed by atoms with Crippen LogP contribution in [0.3, 0.4) is 0 Å². The number of amides is 2. The summed E-state index contributed by atoms with van der Waals surface area (Å²) in [6.45, 7) is 7.75. The quantitative estimate of drug-likeness (QED) is 0.829. The highest BCUT2D eigenvalue weighted by Gasteiger charge is 2.25. The first-order valence-electron chi connectivity index (χ1n) is 8.94. The number of hydrogen-bond donors (Lipinski definition) is 1. The van der Waals surface area contributed by atoms with Gasteiger partial charge in [-0.2, -0.15) is 0 Å². The van der Waals surface area contributed by atoms with Crippen LogP contribution in [0.4, 0.5) is 4.79 Å². The lowest BCUT2D eigenvalue weighted by atomic mass is 10.1. The molecular weight excluding hydrogens is 370 g/mol. The zero-order chi connectivity index (χ0) is 20.2. The molecule has 1 aliphatic rings. The van der Waals surface area contributed by atoms with Crippen LogP contribution in [0.2, 0.25) is 0 Å². The van der Waals surface area contributed by atoms with Crippen LogP contribution in [0.25, 0.3) is 0 Å². The number of aryl methyl sites for hydroxylation is 1. The van der Waals surface area contributed by atoms with Crippen molar-refractivity contribution in [3.63, 3.8) is 0 Å². The number of nitrogens with two attached hydrogens (primary N) is 1. The van der Waals surface area contributed by atoms with Crippen LogP contribution in [-0.2, 0) is 14.8 Å². The summed E-state index contributed by atoms with van der Waals surface area (Å²) in [6, 6.07) is 4.27. The Morgan fingerprint density at radius 3 is 2.41 bits per heavy atom. The molecule has 2 rings (SSSR count). The van der Waals surface area contributed by atoms with Gasteiger partial charge in [-0.25, -0.2) is 18.4 Å². The summed E-state index contributed by atoms with van der Waals surface area (Å²) >= 11 is 0. The third-order valence-electron chi connectivity index (χ3n) is 4.35. The number of benzene rings is 1. The molecule has 1 fully saturated rings. The average Bonchev–Trinajstić information content (AvgIpc) is 2.84. The second-order valence-electron chi connectivity index (χ2n) is 7.13. The normalized spacial score (nSPS) is 15.6. The smallest absolute Gasteiger partial charge is 0.409 e. The molecule has 1 heterocycles. The fourth-order valence-corrected chi connectivity index (χ4v) is 3.35. The number of sulfonamides is 1. The molecule has 27 heavy (non-hydrogen) atoms. The minimum atomic E-state index is -3.89. The summed E-state index contributed by atoms with van der Waals surface area (Å²) in [5, 5.41) is 5.17. The van der Waals surface area contributed by atoms with E-state index in [4.69, 9.17) is 9.88 Å². The lowest BCUT2D eigenvalue weighted by Crippen LogP contribution is -2.38. The Hall–Kier alpha value is -2.13. The van der Waals surface area contributed by atoms with Gasteiger partial charge in [-0.15, -0.1) is 0 Å². The van der Waals surface area contributed by atoms with E-state index in [0.717, 1.165) is 0 Å². The molecule has 0 aliphatic carbocycles. The fraction of sp³-hybridized carbons (Fsp3) is 0.556. The van der Waals surface area contributed by atoms with E-state index in [1.54, 1.807) is 22.8 Å². The standard InChI is InChI=1S/C18H27N3O5S/c1-13(2)12-26-18(23)21-8-4-7-20(9-10-21)17(22)16-11-15(27(19,24)25)6-5-14(16)3/h5-6,11,13H,4,7-10,12H2,1-3H3,(H2,19,24,25). The van der Waals surface area contributed by atoms with Crippen molar-refractivity contribution in [1.82, 2.24) is 9.80 Å². The van der Waals surface area contributed by atoms with E-state index >= 15 is 0 Å². The summed E-state index contributed by atoms with van der Waals surface area (Å²) in [5.41, 5.74) is 0.974. The molecule has 0 spiro atoms. The first-order chi connectivity index (χ1) is 12.6. The van der Waals surface area contributed by atoms with Gasteiger partial charge in [0.1, 0.15) is 0 Å². The van der Waals surface area contributed by atoms with Crippen molar-refractivity contribution in [2.24, 2.45) is 11.1 Å². The topological polar surface area (TPSA) is 110 Å². The summed E-state index contributed by atoms with van der Waals surface area (Å²) in [5.74, 6) is -0.0107. The number of carbonyl (C=O) groups excluding carboxylic acids is 2. The number of carbonyl (C=O) groups is 2. The van der Waals surface area contributed by atoms with Gasteiger partial charge in [-0.3, -0.25) is 4.79 Å². The third-order valence-corrected chi connectivity index (χ3v) is 5.26. The van der Waals surface area contributed by atoms with Crippen molar-refractivity contribution in [2.75, 3.05) is 32.8 Å². The molecule has 1 saturated heterocycles. The second kappa shape index (κ2) is 8.71. The van der Waals surface area contributed by atoms with Gasteiger partial charge >= 0.3 is 6.09 Å². The van der Waals surface area contributed by atoms with Crippen LogP contribution in [0.15, 0.2) is 23.1 Å². The molecule has 8 nitrogen and oxygen atoms in total. The SMILES string of the molecule is Cc1ccc(S(N)(=O)=O)cc1C(=O)N1CCCN(C(=O)OCC(C)C)CC1. The van der Waals surface area contributed by atoms with Crippen LogP contribution < -0.4 is 5.14 Å². The largest absolute Gasteiger partial charge is 0.449 e. The Bertz CT molecular complexity index is 807. The monoisotopic (exact) mass is 397 g/mol. The molecule has 0 radical (unpaired) electrons.